The predicted molar refractivity (Wildman–Crippen MR) is 117 cm³/mol. The van der Waals surface area contributed by atoms with E-state index in [1.807, 2.05) is 0 Å². The number of benzene rings is 2. The summed E-state index contributed by atoms with van der Waals surface area (Å²) in [4.78, 5) is 11.3. The Bertz CT molecular complexity index is 1010. The third kappa shape index (κ3) is 7.29. The van der Waals surface area contributed by atoms with Gasteiger partial charge in [-0.3, -0.25) is 4.79 Å². The Balaban J connectivity index is 2.17. The number of amides is 1. The quantitative estimate of drug-likeness (QED) is 0.240. The van der Waals surface area contributed by atoms with Crippen molar-refractivity contribution in [1.29, 1.82) is 0 Å². The maximum atomic E-state index is 13.8. The Morgan fingerprint density at radius 1 is 1.00 bits per heavy atom. The first-order valence-electron chi connectivity index (χ1n) is 8.83. The third-order valence-electron chi connectivity index (χ3n) is 4.37. The second kappa shape index (κ2) is 10.5. The Morgan fingerprint density at radius 2 is 1.58 bits per heavy atom. The van der Waals surface area contributed by atoms with Crippen molar-refractivity contribution in [3.8, 4) is 0 Å². The summed E-state index contributed by atoms with van der Waals surface area (Å²) in [7, 11) is 0. The lowest BCUT2D eigenvalue weighted by Gasteiger charge is -2.32. The van der Waals surface area contributed by atoms with Crippen LogP contribution in [0.5, 0.6) is 0 Å². The zero-order valence-corrected chi connectivity index (χ0v) is 20.0. The Morgan fingerprint density at radius 3 is 2.06 bits per heavy atom. The van der Waals surface area contributed by atoms with E-state index in [9.17, 15) is 36.2 Å². The second-order valence-corrected chi connectivity index (χ2v) is 8.89. The van der Waals surface area contributed by atoms with Crippen molar-refractivity contribution in [1.82, 2.24) is 5.32 Å². The highest BCUT2D eigenvalue weighted by Crippen LogP contribution is 2.43. The molecule has 1 amide bonds. The number of nitrogens with one attached hydrogen (secondary N) is 2. The molecular formula is C19H14BrCl3F6N2O2. The molecule has 0 aliphatic rings. The summed E-state index contributed by atoms with van der Waals surface area (Å²) in [6.07, 6.45) is -11.4. The van der Waals surface area contributed by atoms with Gasteiger partial charge < -0.3 is 15.7 Å². The molecule has 2 aromatic rings. The average Bonchev–Trinajstić information content (AvgIpc) is 2.66. The summed E-state index contributed by atoms with van der Waals surface area (Å²) in [5.74, 6) is -1.23. The molecule has 0 bridgehead atoms. The minimum Gasteiger partial charge on any atom is -0.381 e. The fraction of sp³-hybridized carbons (Fsp3) is 0.316. The van der Waals surface area contributed by atoms with Gasteiger partial charge in [0.1, 0.15) is 6.42 Å². The molecule has 0 saturated carbocycles. The van der Waals surface area contributed by atoms with Crippen molar-refractivity contribution in [3.63, 3.8) is 0 Å². The zero-order valence-electron chi connectivity index (χ0n) is 16.1. The molecule has 14 heteroatoms. The number of hydrogen-bond acceptors (Lipinski definition) is 3. The number of carbonyl (C=O) groups is 1. The number of aliphatic hydroxyl groups is 1. The Kier molecular flexibility index (Phi) is 8.83. The number of carbonyl (C=O) groups excluding carboxylic acids is 1. The summed E-state index contributed by atoms with van der Waals surface area (Å²) >= 11 is 20.5. The summed E-state index contributed by atoms with van der Waals surface area (Å²) in [5, 5.41) is 14.3. The summed E-state index contributed by atoms with van der Waals surface area (Å²) in [5.41, 5.74) is -3.51. The van der Waals surface area contributed by atoms with Gasteiger partial charge in [0.25, 0.3) is 0 Å². The van der Waals surface area contributed by atoms with Crippen LogP contribution in [0.25, 0.3) is 0 Å². The number of hydrogen-bond donors (Lipinski definition) is 3. The summed E-state index contributed by atoms with van der Waals surface area (Å²) in [6.45, 7) is -1.27. The van der Waals surface area contributed by atoms with Crippen LogP contribution in [0.4, 0.5) is 32.0 Å². The fourth-order valence-corrected chi connectivity index (χ4v) is 3.74. The zero-order chi connectivity index (χ0) is 25.2. The highest BCUT2D eigenvalue weighted by molar-refractivity contribution is 9.10. The van der Waals surface area contributed by atoms with Crippen LogP contribution in [-0.4, -0.2) is 29.9 Å². The largest absolute Gasteiger partial charge is 0.423 e. The lowest BCUT2D eigenvalue weighted by molar-refractivity contribution is -0.260. The Hall–Kier alpha value is -1.40. The molecule has 0 spiro atoms. The minimum atomic E-state index is -5.12. The van der Waals surface area contributed by atoms with Gasteiger partial charge in [0, 0.05) is 16.7 Å². The maximum Gasteiger partial charge on any atom is 0.423 e. The van der Waals surface area contributed by atoms with Crippen LogP contribution in [0.3, 0.4) is 0 Å². The topological polar surface area (TPSA) is 61.4 Å². The van der Waals surface area contributed by atoms with Crippen LogP contribution in [-0.2, 0) is 16.9 Å². The molecule has 1 atom stereocenters. The predicted octanol–water partition coefficient (Wildman–Crippen LogP) is 6.84. The van der Waals surface area contributed by atoms with E-state index in [1.165, 1.54) is 18.2 Å². The van der Waals surface area contributed by atoms with E-state index >= 15 is 0 Å². The molecule has 0 aromatic heterocycles. The van der Waals surface area contributed by atoms with Gasteiger partial charge in [-0.05, 0) is 35.4 Å². The van der Waals surface area contributed by atoms with Gasteiger partial charge in [0.15, 0.2) is 0 Å². The third-order valence-corrected chi connectivity index (χ3v) is 6.30. The van der Waals surface area contributed by atoms with E-state index in [0.717, 1.165) is 12.1 Å². The molecule has 3 N–H and O–H groups in total. The fourth-order valence-electron chi connectivity index (χ4n) is 2.63. The number of rotatable bonds is 7. The molecule has 4 nitrogen and oxygen atoms in total. The summed E-state index contributed by atoms with van der Waals surface area (Å²) in [6, 6.07) is 5.75. The molecule has 182 valence electrons. The van der Waals surface area contributed by atoms with E-state index in [4.69, 9.17) is 34.8 Å². The van der Waals surface area contributed by atoms with Gasteiger partial charge >= 0.3 is 12.4 Å². The first kappa shape index (κ1) is 27.8. The van der Waals surface area contributed by atoms with Gasteiger partial charge in [-0.25, -0.2) is 0 Å². The van der Waals surface area contributed by atoms with Gasteiger partial charge in [0.05, 0.1) is 21.6 Å². The smallest absolute Gasteiger partial charge is 0.381 e. The number of halogens is 10. The first-order valence-corrected chi connectivity index (χ1v) is 10.8. The minimum absolute atomic E-state index is 0.140. The van der Waals surface area contributed by atoms with Crippen LogP contribution < -0.4 is 10.6 Å². The van der Waals surface area contributed by atoms with Crippen molar-refractivity contribution in [2.24, 2.45) is 0 Å². The molecule has 0 aliphatic heterocycles. The molecule has 2 aromatic carbocycles. The number of anilines is 1. The van der Waals surface area contributed by atoms with Crippen molar-refractivity contribution in [2.75, 3.05) is 11.9 Å². The molecular weight excluding hydrogens is 588 g/mol. The SMILES string of the molecule is O=C(CC(F)(F)F)NCc1ccc(NC[C@@](O)(c2cc(Cl)c(Cl)c(Cl)c2)C(F)(F)F)cc1Br. The Labute approximate surface area is 207 Å². The standard InChI is InChI=1S/C19H14BrCl3F6N2O2/c20-12-5-11(2-1-9(12)7-30-15(32)6-18(24,25)26)31-8-17(33,19(27,28)29)10-3-13(21)16(23)14(22)4-10/h1-5,31,33H,6-8H2,(H,30,32)/t17-/m1/s1. The lowest BCUT2D eigenvalue weighted by Crippen LogP contribution is -2.47. The van der Waals surface area contributed by atoms with Crippen LogP contribution in [0.15, 0.2) is 34.8 Å². The first-order chi connectivity index (χ1) is 15.0. The molecule has 0 radical (unpaired) electrons. The number of alkyl halides is 6. The molecule has 0 fully saturated rings. The van der Waals surface area contributed by atoms with Gasteiger partial charge in [-0.2, -0.15) is 26.3 Å². The molecule has 0 aliphatic carbocycles. The molecule has 0 heterocycles. The highest BCUT2D eigenvalue weighted by atomic mass is 79.9. The van der Waals surface area contributed by atoms with Crippen molar-refractivity contribution < 1.29 is 36.2 Å². The van der Waals surface area contributed by atoms with Crippen LogP contribution in [0.1, 0.15) is 17.5 Å². The normalized spacial score (nSPS) is 14.0. The molecule has 33 heavy (non-hydrogen) atoms. The van der Waals surface area contributed by atoms with Crippen LogP contribution in [0, 0.1) is 0 Å². The van der Waals surface area contributed by atoms with Crippen molar-refractivity contribution in [3.05, 3.63) is 61.0 Å². The van der Waals surface area contributed by atoms with E-state index in [-0.39, 0.29) is 27.3 Å². The van der Waals surface area contributed by atoms with Gasteiger partial charge in [0.2, 0.25) is 11.5 Å². The maximum absolute atomic E-state index is 13.8. The average molecular weight is 603 g/mol. The van der Waals surface area contributed by atoms with Gasteiger partial charge in [-0.15, -0.1) is 0 Å². The van der Waals surface area contributed by atoms with E-state index in [0.29, 0.717) is 10.0 Å². The lowest BCUT2D eigenvalue weighted by atomic mass is 9.92. The van der Waals surface area contributed by atoms with Crippen molar-refractivity contribution >= 4 is 62.3 Å². The molecule has 2 rings (SSSR count). The monoisotopic (exact) mass is 600 g/mol. The molecule has 0 saturated heterocycles. The second-order valence-electron chi connectivity index (χ2n) is 6.84. The highest BCUT2D eigenvalue weighted by Gasteiger charge is 2.55. The molecule has 0 unspecified atom stereocenters. The van der Waals surface area contributed by atoms with Crippen LogP contribution in [0.2, 0.25) is 15.1 Å². The van der Waals surface area contributed by atoms with E-state index in [1.54, 1.807) is 0 Å². The van der Waals surface area contributed by atoms with Crippen molar-refractivity contribution in [2.45, 2.75) is 30.9 Å². The van der Waals surface area contributed by atoms with Crippen LogP contribution >= 0.6 is 50.7 Å². The van der Waals surface area contributed by atoms with E-state index < -0.39 is 42.4 Å². The van der Waals surface area contributed by atoms with Gasteiger partial charge in [-0.1, -0.05) is 56.8 Å². The van der Waals surface area contributed by atoms with E-state index in [2.05, 4.69) is 26.6 Å². The summed E-state index contributed by atoms with van der Waals surface area (Å²) < 4.78 is 78.2.